The van der Waals surface area contributed by atoms with Gasteiger partial charge in [-0.25, -0.2) is 4.79 Å². The molecule has 0 bridgehead atoms. The molecule has 0 aliphatic heterocycles. The standard InChI is InChI=1S/C13H18F6O5/c1-4-11(3,10(21)23-6-8(20)22-5-2)7-24-9(12(14,15)16)13(17,18)19/h9H,4-7H2,1-3H3. The minimum absolute atomic E-state index is 0.0172. The summed E-state index contributed by atoms with van der Waals surface area (Å²) in [6.45, 7) is 1.95. The molecule has 0 aromatic carbocycles. The third-order valence-electron chi connectivity index (χ3n) is 3.06. The van der Waals surface area contributed by atoms with Crippen molar-refractivity contribution in [2.75, 3.05) is 19.8 Å². The summed E-state index contributed by atoms with van der Waals surface area (Å²) in [6, 6.07) is 0. The Hall–Kier alpha value is -1.52. The number of hydrogen-bond acceptors (Lipinski definition) is 5. The van der Waals surface area contributed by atoms with Gasteiger partial charge in [0.1, 0.15) is 0 Å². The van der Waals surface area contributed by atoms with E-state index in [1.807, 2.05) is 0 Å². The van der Waals surface area contributed by atoms with E-state index in [1.165, 1.54) is 13.8 Å². The van der Waals surface area contributed by atoms with E-state index in [9.17, 15) is 35.9 Å². The topological polar surface area (TPSA) is 61.8 Å². The van der Waals surface area contributed by atoms with Crippen molar-refractivity contribution in [2.45, 2.75) is 45.6 Å². The number of esters is 2. The van der Waals surface area contributed by atoms with E-state index in [-0.39, 0.29) is 13.0 Å². The van der Waals surface area contributed by atoms with Crippen LogP contribution in [0.4, 0.5) is 26.3 Å². The highest BCUT2D eigenvalue weighted by atomic mass is 19.4. The lowest BCUT2D eigenvalue weighted by atomic mass is 9.88. The van der Waals surface area contributed by atoms with E-state index in [0.29, 0.717) is 0 Å². The molecule has 11 heteroatoms. The SMILES string of the molecule is CCOC(=O)COC(=O)C(C)(CC)COC(C(F)(F)F)C(F)(F)F. The lowest BCUT2D eigenvalue weighted by molar-refractivity contribution is -0.325. The highest BCUT2D eigenvalue weighted by Gasteiger charge is 2.58. The van der Waals surface area contributed by atoms with Crippen LogP contribution in [0.15, 0.2) is 0 Å². The van der Waals surface area contributed by atoms with Crippen LogP contribution < -0.4 is 0 Å². The summed E-state index contributed by atoms with van der Waals surface area (Å²) in [5, 5.41) is 0. The molecule has 0 amide bonds. The molecule has 5 nitrogen and oxygen atoms in total. The molecule has 0 spiro atoms. The van der Waals surface area contributed by atoms with Crippen molar-refractivity contribution in [3.8, 4) is 0 Å². The molecule has 0 aromatic heterocycles. The van der Waals surface area contributed by atoms with Gasteiger partial charge in [-0.3, -0.25) is 4.79 Å². The zero-order valence-electron chi connectivity index (χ0n) is 13.2. The average molecular weight is 368 g/mol. The number of rotatable bonds is 8. The van der Waals surface area contributed by atoms with Crippen LogP contribution in [0.2, 0.25) is 0 Å². The third kappa shape index (κ3) is 6.93. The smallest absolute Gasteiger partial charge is 0.423 e. The van der Waals surface area contributed by atoms with Gasteiger partial charge in [-0.2, -0.15) is 26.3 Å². The van der Waals surface area contributed by atoms with Crippen molar-refractivity contribution >= 4 is 11.9 Å². The molecule has 0 N–H and O–H groups in total. The van der Waals surface area contributed by atoms with Crippen molar-refractivity contribution in [2.24, 2.45) is 5.41 Å². The molecule has 0 aromatic rings. The van der Waals surface area contributed by atoms with Gasteiger partial charge in [-0.05, 0) is 20.3 Å². The molecule has 0 heterocycles. The zero-order chi connectivity index (χ0) is 19.2. The van der Waals surface area contributed by atoms with Gasteiger partial charge in [-0.15, -0.1) is 0 Å². The highest BCUT2D eigenvalue weighted by molar-refractivity contribution is 5.80. The van der Waals surface area contributed by atoms with Crippen molar-refractivity contribution in [3.63, 3.8) is 0 Å². The molecular weight excluding hydrogens is 350 g/mol. The van der Waals surface area contributed by atoms with Crippen LogP contribution >= 0.6 is 0 Å². The average Bonchev–Trinajstić information content (AvgIpc) is 2.41. The van der Waals surface area contributed by atoms with Crippen LogP contribution in [0.3, 0.4) is 0 Å². The number of halogens is 6. The maximum absolute atomic E-state index is 12.4. The number of alkyl halides is 6. The van der Waals surface area contributed by atoms with E-state index in [2.05, 4.69) is 14.2 Å². The Morgan fingerprint density at radius 2 is 1.46 bits per heavy atom. The van der Waals surface area contributed by atoms with E-state index < -0.39 is 49.0 Å². The van der Waals surface area contributed by atoms with Crippen LogP contribution in [-0.4, -0.2) is 50.2 Å². The van der Waals surface area contributed by atoms with Gasteiger partial charge in [0.25, 0.3) is 0 Å². The normalized spacial score (nSPS) is 15.1. The third-order valence-corrected chi connectivity index (χ3v) is 3.06. The number of hydrogen-bond donors (Lipinski definition) is 0. The second kappa shape index (κ2) is 8.54. The number of ether oxygens (including phenoxy) is 3. The molecule has 0 aliphatic rings. The lowest BCUT2D eigenvalue weighted by Gasteiger charge is -2.29. The van der Waals surface area contributed by atoms with Gasteiger partial charge in [0.05, 0.1) is 18.6 Å². The van der Waals surface area contributed by atoms with Crippen molar-refractivity contribution < 1.29 is 50.1 Å². The van der Waals surface area contributed by atoms with Gasteiger partial charge >= 0.3 is 24.3 Å². The Balaban J connectivity index is 4.92. The van der Waals surface area contributed by atoms with Crippen LogP contribution in [0, 0.1) is 5.41 Å². The van der Waals surface area contributed by atoms with E-state index in [1.54, 1.807) is 0 Å². The summed E-state index contributed by atoms with van der Waals surface area (Å²) in [5.41, 5.74) is -1.79. The largest absolute Gasteiger partial charge is 0.463 e. The molecule has 0 fully saturated rings. The van der Waals surface area contributed by atoms with Crippen molar-refractivity contribution in [1.29, 1.82) is 0 Å². The molecule has 1 unspecified atom stereocenters. The fourth-order valence-electron chi connectivity index (χ4n) is 1.45. The number of carbonyl (C=O) groups excluding carboxylic acids is 2. The summed E-state index contributed by atoms with van der Waals surface area (Å²) < 4.78 is 87.5. The fraction of sp³-hybridized carbons (Fsp3) is 0.846. The Kier molecular flexibility index (Phi) is 8.00. The maximum atomic E-state index is 12.4. The van der Waals surface area contributed by atoms with Gasteiger partial charge in [0.15, 0.2) is 6.61 Å². The van der Waals surface area contributed by atoms with Gasteiger partial charge in [0.2, 0.25) is 6.10 Å². The van der Waals surface area contributed by atoms with E-state index in [4.69, 9.17) is 0 Å². The molecule has 142 valence electrons. The second-order valence-electron chi connectivity index (χ2n) is 5.07. The monoisotopic (exact) mass is 368 g/mol. The van der Waals surface area contributed by atoms with Crippen molar-refractivity contribution in [1.82, 2.24) is 0 Å². The van der Waals surface area contributed by atoms with Crippen LogP contribution in [-0.2, 0) is 23.8 Å². The minimum atomic E-state index is -5.68. The van der Waals surface area contributed by atoms with E-state index >= 15 is 0 Å². The Morgan fingerprint density at radius 3 is 1.83 bits per heavy atom. The molecule has 24 heavy (non-hydrogen) atoms. The Morgan fingerprint density at radius 1 is 0.958 bits per heavy atom. The maximum Gasteiger partial charge on any atom is 0.423 e. The Bertz CT molecular complexity index is 420. The molecule has 0 saturated carbocycles. The summed E-state index contributed by atoms with van der Waals surface area (Å²) in [5.74, 6) is -2.06. The lowest BCUT2D eigenvalue weighted by Crippen LogP contribution is -2.47. The van der Waals surface area contributed by atoms with Crippen LogP contribution in [0.25, 0.3) is 0 Å². The van der Waals surface area contributed by atoms with Gasteiger partial charge < -0.3 is 14.2 Å². The first-order valence-electron chi connectivity index (χ1n) is 6.85. The van der Waals surface area contributed by atoms with Crippen LogP contribution in [0.1, 0.15) is 27.2 Å². The fourth-order valence-corrected chi connectivity index (χ4v) is 1.45. The summed E-state index contributed by atoms with van der Waals surface area (Å²) in [7, 11) is 0. The van der Waals surface area contributed by atoms with Gasteiger partial charge in [0, 0.05) is 0 Å². The first-order chi connectivity index (χ1) is 10.8. The molecule has 0 radical (unpaired) electrons. The predicted molar refractivity (Wildman–Crippen MR) is 67.8 cm³/mol. The second-order valence-corrected chi connectivity index (χ2v) is 5.07. The summed E-state index contributed by atoms with van der Waals surface area (Å²) in [4.78, 5) is 22.9. The van der Waals surface area contributed by atoms with Gasteiger partial charge in [-0.1, -0.05) is 6.92 Å². The summed E-state index contributed by atoms with van der Waals surface area (Å²) in [6.07, 6.45) is -15.5. The molecular formula is C13H18F6O5. The number of carbonyl (C=O) groups is 2. The molecule has 1 atom stereocenters. The molecule has 0 saturated heterocycles. The zero-order valence-corrected chi connectivity index (χ0v) is 13.2. The van der Waals surface area contributed by atoms with E-state index in [0.717, 1.165) is 6.92 Å². The summed E-state index contributed by atoms with van der Waals surface area (Å²) >= 11 is 0. The molecule has 0 rings (SSSR count). The molecule has 0 aliphatic carbocycles. The highest BCUT2D eigenvalue weighted by Crippen LogP contribution is 2.37. The predicted octanol–water partition coefficient (Wildman–Crippen LogP) is 3.02. The van der Waals surface area contributed by atoms with Crippen LogP contribution in [0.5, 0.6) is 0 Å². The first-order valence-corrected chi connectivity index (χ1v) is 6.85. The van der Waals surface area contributed by atoms with Crippen molar-refractivity contribution in [3.05, 3.63) is 0 Å². The Labute approximate surface area is 134 Å². The minimum Gasteiger partial charge on any atom is -0.463 e. The first kappa shape index (κ1) is 22.5. The quantitative estimate of drug-likeness (QED) is 0.487.